The van der Waals surface area contributed by atoms with Gasteiger partial charge in [0, 0.05) is 6.42 Å². The van der Waals surface area contributed by atoms with Crippen molar-refractivity contribution in [1.82, 2.24) is 0 Å². The lowest BCUT2D eigenvalue weighted by Crippen LogP contribution is -2.16. The first-order chi connectivity index (χ1) is 5.68. The van der Waals surface area contributed by atoms with Crippen LogP contribution in [0.15, 0.2) is 11.3 Å². The van der Waals surface area contributed by atoms with Gasteiger partial charge in [-0.05, 0) is 31.3 Å². The van der Waals surface area contributed by atoms with Crippen molar-refractivity contribution < 1.29 is 9.53 Å². The topological polar surface area (TPSA) is 26.3 Å². The summed E-state index contributed by atoms with van der Waals surface area (Å²) in [5, 5.41) is 0. The van der Waals surface area contributed by atoms with Gasteiger partial charge in [-0.25, -0.2) is 0 Å². The molecule has 2 rings (SSSR count). The van der Waals surface area contributed by atoms with E-state index in [1.54, 1.807) is 0 Å². The van der Waals surface area contributed by atoms with Gasteiger partial charge in [0.1, 0.15) is 0 Å². The van der Waals surface area contributed by atoms with Gasteiger partial charge in [0.05, 0.1) is 6.10 Å². The Morgan fingerprint density at radius 1 is 1.42 bits per heavy atom. The molecule has 0 aromatic carbocycles. The van der Waals surface area contributed by atoms with E-state index < -0.39 is 0 Å². The molecule has 2 heteroatoms. The highest BCUT2D eigenvalue weighted by molar-refractivity contribution is 5.97. The highest BCUT2D eigenvalue weighted by atomic mass is 16.5. The number of carbonyl (C=O) groups is 1. The zero-order chi connectivity index (χ0) is 8.72. The van der Waals surface area contributed by atoms with E-state index in [2.05, 4.69) is 6.92 Å². The van der Waals surface area contributed by atoms with Crippen molar-refractivity contribution in [2.24, 2.45) is 5.92 Å². The fourth-order valence-corrected chi connectivity index (χ4v) is 2.02. The van der Waals surface area contributed by atoms with Crippen LogP contribution in [0.2, 0.25) is 0 Å². The highest BCUT2D eigenvalue weighted by Crippen LogP contribution is 2.37. The normalized spacial score (nSPS) is 35.0. The van der Waals surface area contributed by atoms with Crippen LogP contribution in [-0.2, 0) is 9.53 Å². The second kappa shape index (κ2) is 2.61. The third kappa shape index (κ3) is 1.06. The second-order valence-electron chi connectivity index (χ2n) is 3.85. The molecule has 0 radical (unpaired) electrons. The molecule has 12 heavy (non-hydrogen) atoms. The molecule has 0 fully saturated rings. The molecule has 0 aromatic heterocycles. The molecule has 0 aromatic rings. The quantitative estimate of drug-likeness (QED) is 0.550. The van der Waals surface area contributed by atoms with Crippen molar-refractivity contribution in [1.29, 1.82) is 0 Å². The number of hydrogen-bond acceptors (Lipinski definition) is 2. The van der Waals surface area contributed by atoms with Gasteiger partial charge in [0.25, 0.3) is 0 Å². The standard InChI is InChI=1S/C10H14O2/c1-6-5-9(11)10-8(6)4-3-7(2)12-10/h6-7H,3-5H2,1-2H3/t6-,7+/m1/s1. The zero-order valence-electron chi connectivity index (χ0n) is 7.59. The predicted molar refractivity (Wildman–Crippen MR) is 45.6 cm³/mol. The van der Waals surface area contributed by atoms with Crippen LogP contribution in [0.25, 0.3) is 0 Å². The molecule has 1 heterocycles. The van der Waals surface area contributed by atoms with Gasteiger partial charge in [-0.3, -0.25) is 4.79 Å². The Morgan fingerprint density at radius 2 is 2.17 bits per heavy atom. The van der Waals surface area contributed by atoms with E-state index in [1.807, 2.05) is 6.92 Å². The highest BCUT2D eigenvalue weighted by Gasteiger charge is 2.34. The molecule has 66 valence electrons. The Morgan fingerprint density at radius 3 is 2.92 bits per heavy atom. The van der Waals surface area contributed by atoms with Crippen LogP contribution in [0.3, 0.4) is 0 Å². The number of ether oxygens (including phenoxy) is 1. The SMILES string of the molecule is C[C@@H]1CC(=O)C2=C1CC[C@H](C)O2. The number of Topliss-reactive ketones (excluding diaryl/α,β-unsaturated/α-hetero) is 1. The van der Waals surface area contributed by atoms with Gasteiger partial charge in [0.2, 0.25) is 0 Å². The van der Waals surface area contributed by atoms with Gasteiger partial charge in [0.15, 0.2) is 11.5 Å². The van der Waals surface area contributed by atoms with E-state index in [0.717, 1.165) is 12.8 Å². The number of carbonyl (C=O) groups excluding carboxylic acids is 1. The molecule has 0 bridgehead atoms. The molecule has 1 aliphatic heterocycles. The summed E-state index contributed by atoms with van der Waals surface area (Å²) in [6.07, 6.45) is 3.02. The zero-order valence-corrected chi connectivity index (χ0v) is 7.59. The molecule has 2 atom stereocenters. The largest absolute Gasteiger partial charge is 0.487 e. The molecule has 0 unspecified atom stereocenters. The molecule has 0 saturated heterocycles. The summed E-state index contributed by atoms with van der Waals surface area (Å²) < 4.78 is 5.52. The lowest BCUT2D eigenvalue weighted by molar-refractivity contribution is -0.119. The number of ketones is 1. The van der Waals surface area contributed by atoms with Crippen LogP contribution < -0.4 is 0 Å². The minimum atomic E-state index is 0.212. The van der Waals surface area contributed by atoms with E-state index in [4.69, 9.17) is 4.74 Å². The first-order valence-electron chi connectivity index (χ1n) is 4.61. The van der Waals surface area contributed by atoms with E-state index in [9.17, 15) is 4.79 Å². The van der Waals surface area contributed by atoms with Crippen molar-refractivity contribution in [3.63, 3.8) is 0 Å². The van der Waals surface area contributed by atoms with Gasteiger partial charge < -0.3 is 4.74 Å². The summed E-state index contributed by atoms with van der Waals surface area (Å²) in [7, 11) is 0. The number of allylic oxidation sites excluding steroid dienone is 2. The van der Waals surface area contributed by atoms with Crippen molar-refractivity contribution in [2.45, 2.75) is 39.2 Å². The van der Waals surface area contributed by atoms with Gasteiger partial charge in [-0.15, -0.1) is 0 Å². The second-order valence-corrected chi connectivity index (χ2v) is 3.85. The smallest absolute Gasteiger partial charge is 0.197 e. The van der Waals surface area contributed by atoms with Crippen LogP contribution in [0, 0.1) is 5.92 Å². The van der Waals surface area contributed by atoms with Gasteiger partial charge >= 0.3 is 0 Å². The molecule has 0 amide bonds. The maximum absolute atomic E-state index is 11.4. The van der Waals surface area contributed by atoms with Crippen LogP contribution in [0.1, 0.15) is 33.1 Å². The number of rotatable bonds is 0. The Bertz CT molecular complexity index is 253. The minimum absolute atomic E-state index is 0.212. The Hall–Kier alpha value is -0.790. The molecule has 0 N–H and O–H groups in total. The first-order valence-corrected chi connectivity index (χ1v) is 4.61. The first kappa shape index (κ1) is 7.84. The molecule has 0 spiro atoms. The van der Waals surface area contributed by atoms with E-state index in [-0.39, 0.29) is 11.9 Å². The summed E-state index contributed by atoms with van der Waals surface area (Å²) in [6.45, 7) is 4.14. The molecule has 0 saturated carbocycles. The van der Waals surface area contributed by atoms with Crippen molar-refractivity contribution in [2.75, 3.05) is 0 Å². The van der Waals surface area contributed by atoms with Crippen LogP contribution in [0.4, 0.5) is 0 Å². The van der Waals surface area contributed by atoms with E-state index in [0.29, 0.717) is 18.1 Å². The average Bonchev–Trinajstić information content (AvgIpc) is 2.28. The minimum Gasteiger partial charge on any atom is -0.487 e. The predicted octanol–water partition coefficient (Wildman–Crippen LogP) is 2.05. The lowest BCUT2D eigenvalue weighted by atomic mass is 9.97. The maximum Gasteiger partial charge on any atom is 0.197 e. The fraction of sp³-hybridized carbons (Fsp3) is 0.700. The summed E-state index contributed by atoms with van der Waals surface area (Å²) in [6, 6.07) is 0. The van der Waals surface area contributed by atoms with E-state index >= 15 is 0 Å². The Balaban J connectivity index is 2.29. The van der Waals surface area contributed by atoms with E-state index in [1.165, 1.54) is 5.57 Å². The Labute approximate surface area is 72.6 Å². The molecule has 2 aliphatic rings. The average molecular weight is 166 g/mol. The fourth-order valence-electron chi connectivity index (χ4n) is 2.02. The molecular weight excluding hydrogens is 152 g/mol. The van der Waals surface area contributed by atoms with Crippen LogP contribution in [-0.4, -0.2) is 11.9 Å². The molecular formula is C10H14O2. The van der Waals surface area contributed by atoms with Crippen molar-refractivity contribution >= 4 is 5.78 Å². The van der Waals surface area contributed by atoms with Gasteiger partial charge in [-0.1, -0.05) is 6.92 Å². The molecule has 2 nitrogen and oxygen atoms in total. The number of hydrogen-bond donors (Lipinski definition) is 0. The summed E-state index contributed by atoms with van der Waals surface area (Å²) >= 11 is 0. The monoisotopic (exact) mass is 166 g/mol. The van der Waals surface area contributed by atoms with Crippen molar-refractivity contribution in [3.05, 3.63) is 11.3 Å². The van der Waals surface area contributed by atoms with Crippen LogP contribution >= 0.6 is 0 Å². The third-order valence-electron chi connectivity index (χ3n) is 2.77. The summed E-state index contributed by atoms with van der Waals surface area (Å²) in [4.78, 5) is 11.4. The molecule has 1 aliphatic carbocycles. The summed E-state index contributed by atoms with van der Waals surface area (Å²) in [5.41, 5.74) is 1.26. The maximum atomic E-state index is 11.4. The summed E-state index contributed by atoms with van der Waals surface area (Å²) in [5.74, 6) is 1.34. The van der Waals surface area contributed by atoms with Crippen molar-refractivity contribution in [3.8, 4) is 0 Å². The Kier molecular flexibility index (Phi) is 1.71. The van der Waals surface area contributed by atoms with Gasteiger partial charge in [-0.2, -0.15) is 0 Å². The third-order valence-corrected chi connectivity index (χ3v) is 2.77. The van der Waals surface area contributed by atoms with Crippen LogP contribution in [0.5, 0.6) is 0 Å². The lowest BCUT2D eigenvalue weighted by Gasteiger charge is -2.22.